The molecule has 5 heteroatoms. The molecule has 0 aromatic rings. The van der Waals surface area contributed by atoms with Crippen molar-refractivity contribution in [3.63, 3.8) is 0 Å². The van der Waals surface area contributed by atoms with Crippen LogP contribution in [-0.2, 0) is 9.59 Å². The minimum Gasteiger partial charge on any atom is -0.480 e. The Balaban J connectivity index is 2.38. The van der Waals surface area contributed by atoms with Gasteiger partial charge < -0.3 is 15.7 Å². The lowest BCUT2D eigenvalue weighted by Crippen LogP contribution is -2.49. The predicted molar refractivity (Wildman–Crippen MR) is 73.8 cm³/mol. The van der Waals surface area contributed by atoms with E-state index in [1.54, 1.807) is 0 Å². The molecule has 1 amide bonds. The van der Waals surface area contributed by atoms with Gasteiger partial charge in [-0.25, -0.2) is 4.79 Å². The molecule has 19 heavy (non-hydrogen) atoms. The van der Waals surface area contributed by atoms with E-state index in [1.165, 1.54) is 0 Å². The topological polar surface area (TPSA) is 78.4 Å². The van der Waals surface area contributed by atoms with Gasteiger partial charge in [0.2, 0.25) is 5.91 Å². The summed E-state index contributed by atoms with van der Waals surface area (Å²) in [5.74, 6) is -0.592. The Labute approximate surface area is 115 Å². The van der Waals surface area contributed by atoms with E-state index in [-0.39, 0.29) is 5.91 Å². The second-order valence-electron chi connectivity index (χ2n) is 6.46. The van der Waals surface area contributed by atoms with Crippen molar-refractivity contribution in [3.8, 4) is 0 Å². The number of amides is 1. The lowest BCUT2D eigenvalue weighted by molar-refractivity contribution is -0.145. The summed E-state index contributed by atoms with van der Waals surface area (Å²) < 4.78 is 0. The fourth-order valence-electron chi connectivity index (χ4n) is 2.39. The van der Waals surface area contributed by atoms with Crippen molar-refractivity contribution in [1.29, 1.82) is 0 Å². The molecule has 0 radical (unpaired) electrons. The Hall–Kier alpha value is -1.10. The molecule has 0 aromatic heterocycles. The zero-order valence-corrected chi connectivity index (χ0v) is 12.2. The predicted octanol–water partition coefficient (Wildman–Crippen LogP) is 1.38. The van der Waals surface area contributed by atoms with E-state index in [2.05, 4.69) is 10.6 Å². The molecule has 1 rings (SSSR count). The van der Waals surface area contributed by atoms with Gasteiger partial charge in [0, 0.05) is 6.42 Å². The molecule has 3 N–H and O–H groups in total. The molecule has 1 unspecified atom stereocenters. The van der Waals surface area contributed by atoms with E-state index in [0.29, 0.717) is 12.3 Å². The third kappa shape index (κ3) is 5.59. The van der Waals surface area contributed by atoms with Gasteiger partial charge in [-0.3, -0.25) is 4.79 Å². The van der Waals surface area contributed by atoms with Crippen LogP contribution in [0.3, 0.4) is 0 Å². The van der Waals surface area contributed by atoms with Crippen molar-refractivity contribution in [2.24, 2.45) is 11.3 Å². The first-order valence-electron chi connectivity index (χ1n) is 7.03. The van der Waals surface area contributed by atoms with Gasteiger partial charge in [-0.15, -0.1) is 0 Å². The van der Waals surface area contributed by atoms with Gasteiger partial charge in [0.1, 0.15) is 6.04 Å². The summed E-state index contributed by atoms with van der Waals surface area (Å²) in [7, 11) is 0. The van der Waals surface area contributed by atoms with Crippen LogP contribution in [0.2, 0.25) is 0 Å². The maximum Gasteiger partial charge on any atom is 0.326 e. The first-order chi connectivity index (χ1) is 8.80. The number of piperidine rings is 1. The first kappa shape index (κ1) is 16.0. The highest BCUT2D eigenvalue weighted by molar-refractivity contribution is 5.84. The van der Waals surface area contributed by atoms with Crippen LogP contribution < -0.4 is 10.6 Å². The Bertz CT molecular complexity index is 317. The summed E-state index contributed by atoms with van der Waals surface area (Å²) in [6.07, 6.45) is 3.55. The maximum absolute atomic E-state index is 11.9. The summed E-state index contributed by atoms with van der Waals surface area (Å²) >= 11 is 0. The molecule has 0 saturated carbocycles. The van der Waals surface area contributed by atoms with Crippen LogP contribution in [0.1, 0.15) is 46.5 Å². The standard InChI is InChI=1S/C14H26N2O3/c1-14(2,3)12(13(18)19)16-11(17)7-6-10-5-4-8-15-9-10/h10,12,15H,4-9H2,1-3H3,(H,16,17)(H,18,19)/t10?,12-/m0/s1. The largest absolute Gasteiger partial charge is 0.480 e. The number of rotatable bonds is 5. The van der Waals surface area contributed by atoms with Crippen molar-refractivity contribution in [2.75, 3.05) is 13.1 Å². The third-order valence-electron chi connectivity index (χ3n) is 3.60. The normalized spacial score (nSPS) is 21.7. The summed E-state index contributed by atoms with van der Waals surface area (Å²) in [6, 6.07) is -0.829. The van der Waals surface area contributed by atoms with Crippen LogP contribution in [0, 0.1) is 11.3 Å². The molecule has 110 valence electrons. The molecule has 5 nitrogen and oxygen atoms in total. The van der Waals surface area contributed by atoms with Crippen molar-refractivity contribution in [1.82, 2.24) is 10.6 Å². The van der Waals surface area contributed by atoms with Crippen LogP contribution >= 0.6 is 0 Å². The summed E-state index contributed by atoms with van der Waals surface area (Å²) in [5.41, 5.74) is -0.478. The van der Waals surface area contributed by atoms with Gasteiger partial charge in [-0.1, -0.05) is 20.8 Å². The van der Waals surface area contributed by atoms with Crippen LogP contribution in [0.15, 0.2) is 0 Å². The van der Waals surface area contributed by atoms with Crippen LogP contribution in [-0.4, -0.2) is 36.1 Å². The SMILES string of the molecule is CC(C)(C)[C@@H](NC(=O)CCC1CCCNC1)C(=O)O. The highest BCUT2D eigenvalue weighted by atomic mass is 16.4. The van der Waals surface area contributed by atoms with E-state index >= 15 is 0 Å². The lowest BCUT2D eigenvalue weighted by Gasteiger charge is -2.28. The molecule has 0 bridgehead atoms. The van der Waals surface area contributed by atoms with Crippen LogP contribution in [0.5, 0.6) is 0 Å². The maximum atomic E-state index is 11.9. The molecule has 2 atom stereocenters. The zero-order valence-electron chi connectivity index (χ0n) is 12.2. The molecular formula is C14H26N2O3. The quantitative estimate of drug-likeness (QED) is 0.705. The number of carboxylic acids is 1. The Morgan fingerprint density at radius 2 is 2.11 bits per heavy atom. The monoisotopic (exact) mass is 270 g/mol. The number of carboxylic acid groups (broad SMARTS) is 1. The summed E-state index contributed by atoms with van der Waals surface area (Å²) in [5, 5.41) is 15.1. The Kier molecular flexibility index (Phi) is 5.79. The molecule has 1 aliphatic rings. The molecule has 1 heterocycles. The van der Waals surface area contributed by atoms with E-state index in [4.69, 9.17) is 5.11 Å². The fourth-order valence-corrected chi connectivity index (χ4v) is 2.39. The Morgan fingerprint density at radius 1 is 1.42 bits per heavy atom. The van der Waals surface area contributed by atoms with E-state index < -0.39 is 17.4 Å². The van der Waals surface area contributed by atoms with Crippen LogP contribution in [0.4, 0.5) is 0 Å². The molecule has 1 aliphatic heterocycles. The molecule has 1 saturated heterocycles. The fraction of sp³-hybridized carbons (Fsp3) is 0.857. The minimum atomic E-state index is -0.972. The van der Waals surface area contributed by atoms with E-state index in [9.17, 15) is 9.59 Å². The highest BCUT2D eigenvalue weighted by Crippen LogP contribution is 2.20. The van der Waals surface area contributed by atoms with Gasteiger partial charge in [-0.2, -0.15) is 0 Å². The number of carbonyl (C=O) groups is 2. The van der Waals surface area contributed by atoms with E-state index in [0.717, 1.165) is 32.4 Å². The minimum absolute atomic E-state index is 0.159. The number of nitrogens with one attached hydrogen (secondary N) is 2. The Morgan fingerprint density at radius 3 is 2.58 bits per heavy atom. The highest BCUT2D eigenvalue weighted by Gasteiger charge is 2.32. The molecule has 0 aliphatic carbocycles. The number of aliphatic carboxylic acids is 1. The molecule has 0 aromatic carbocycles. The smallest absolute Gasteiger partial charge is 0.326 e. The average Bonchev–Trinajstić information content (AvgIpc) is 2.33. The van der Waals surface area contributed by atoms with Gasteiger partial charge in [0.05, 0.1) is 0 Å². The number of hydrogen-bond acceptors (Lipinski definition) is 3. The second kappa shape index (κ2) is 6.89. The van der Waals surface area contributed by atoms with Crippen molar-refractivity contribution in [3.05, 3.63) is 0 Å². The summed E-state index contributed by atoms with van der Waals surface area (Å²) in [6.45, 7) is 7.48. The first-order valence-corrected chi connectivity index (χ1v) is 7.03. The average molecular weight is 270 g/mol. The van der Waals surface area contributed by atoms with E-state index in [1.807, 2.05) is 20.8 Å². The number of carbonyl (C=O) groups excluding carboxylic acids is 1. The summed E-state index contributed by atoms with van der Waals surface area (Å²) in [4.78, 5) is 23.0. The van der Waals surface area contributed by atoms with Gasteiger partial charge in [-0.05, 0) is 43.7 Å². The number of hydrogen-bond donors (Lipinski definition) is 3. The van der Waals surface area contributed by atoms with Crippen molar-refractivity contribution >= 4 is 11.9 Å². The molecular weight excluding hydrogens is 244 g/mol. The van der Waals surface area contributed by atoms with Crippen molar-refractivity contribution < 1.29 is 14.7 Å². The van der Waals surface area contributed by atoms with Crippen LogP contribution in [0.25, 0.3) is 0 Å². The third-order valence-corrected chi connectivity index (χ3v) is 3.60. The lowest BCUT2D eigenvalue weighted by atomic mass is 9.86. The van der Waals surface area contributed by atoms with Gasteiger partial charge >= 0.3 is 5.97 Å². The van der Waals surface area contributed by atoms with Gasteiger partial charge in [0.25, 0.3) is 0 Å². The van der Waals surface area contributed by atoms with Crippen molar-refractivity contribution in [2.45, 2.75) is 52.5 Å². The second-order valence-corrected chi connectivity index (χ2v) is 6.46. The molecule has 1 fully saturated rings. The molecule has 0 spiro atoms. The zero-order chi connectivity index (χ0) is 14.5. The van der Waals surface area contributed by atoms with Gasteiger partial charge in [0.15, 0.2) is 0 Å².